The van der Waals surface area contributed by atoms with Gasteiger partial charge in [-0.1, -0.05) is 0 Å². The van der Waals surface area contributed by atoms with Crippen LogP contribution in [0.2, 0.25) is 0 Å². The summed E-state index contributed by atoms with van der Waals surface area (Å²) in [6.45, 7) is 0.257. The van der Waals surface area contributed by atoms with Crippen molar-refractivity contribution in [2.75, 3.05) is 0 Å². The van der Waals surface area contributed by atoms with Gasteiger partial charge >= 0.3 is 0 Å². The molecule has 0 aliphatic heterocycles. The van der Waals surface area contributed by atoms with Gasteiger partial charge in [-0.25, -0.2) is 0 Å². The molecular formula is C11H8BrNO2S. The maximum absolute atomic E-state index is 11.8. The van der Waals surface area contributed by atoms with E-state index < -0.39 is 0 Å². The number of rotatable bonds is 3. The Balaban J connectivity index is 2.13. The molecule has 2 aromatic rings. The van der Waals surface area contributed by atoms with Gasteiger partial charge in [0.25, 0.3) is 0 Å². The Bertz CT molecular complexity index is 553. The topological polar surface area (TPSA) is 39.1 Å². The zero-order valence-electron chi connectivity index (χ0n) is 8.22. The molecule has 0 unspecified atom stereocenters. The zero-order chi connectivity index (χ0) is 11.5. The molecule has 0 saturated carbocycles. The van der Waals surface area contributed by atoms with E-state index in [2.05, 4.69) is 15.9 Å². The minimum atomic E-state index is -0.0532. The number of carbonyl (C=O) groups excluding carboxylic acids is 1. The van der Waals surface area contributed by atoms with E-state index in [0.29, 0.717) is 4.88 Å². The number of nitrogens with zero attached hydrogens (tertiary/aromatic N) is 1. The molecule has 16 heavy (non-hydrogen) atoms. The van der Waals surface area contributed by atoms with Crippen LogP contribution in [-0.4, -0.2) is 10.4 Å². The molecule has 2 rings (SSSR count). The Hall–Kier alpha value is -1.20. The van der Waals surface area contributed by atoms with Crippen molar-refractivity contribution in [1.82, 2.24) is 4.57 Å². The molecule has 0 aliphatic carbocycles. The summed E-state index contributed by atoms with van der Waals surface area (Å²) in [7, 11) is 0. The summed E-state index contributed by atoms with van der Waals surface area (Å²) in [6, 6.07) is 6.53. The third-order valence-electron chi connectivity index (χ3n) is 2.03. The molecule has 0 radical (unpaired) electrons. The van der Waals surface area contributed by atoms with Gasteiger partial charge in [0, 0.05) is 24.5 Å². The molecule has 0 N–H and O–H groups in total. The van der Waals surface area contributed by atoms with E-state index in [9.17, 15) is 9.59 Å². The molecule has 5 heteroatoms. The van der Waals surface area contributed by atoms with Crippen LogP contribution in [0.4, 0.5) is 0 Å². The number of Topliss-reactive ketones (excluding diaryl/α,β-unsaturated/α-hetero) is 1. The smallest absolute Gasteiger partial charge is 0.192 e. The first-order chi connectivity index (χ1) is 7.65. The second-order valence-electron chi connectivity index (χ2n) is 3.23. The summed E-state index contributed by atoms with van der Waals surface area (Å²) in [6.07, 6.45) is 3.23. The van der Waals surface area contributed by atoms with Gasteiger partial charge in [0.1, 0.15) is 0 Å². The summed E-state index contributed by atoms with van der Waals surface area (Å²) in [5, 5.41) is 0. The van der Waals surface area contributed by atoms with Crippen LogP contribution in [0.15, 0.2) is 45.2 Å². The predicted octanol–water partition coefficient (Wildman–Crippen LogP) is 2.56. The quantitative estimate of drug-likeness (QED) is 0.817. The van der Waals surface area contributed by atoms with E-state index in [4.69, 9.17) is 0 Å². The van der Waals surface area contributed by atoms with Crippen molar-refractivity contribution in [3.8, 4) is 0 Å². The van der Waals surface area contributed by atoms with Gasteiger partial charge in [-0.2, -0.15) is 0 Å². The average molecular weight is 298 g/mol. The van der Waals surface area contributed by atoms with Crippen LogP contribution in [0.1, 0.15) is 9.67 Å². The lowest BCUT2D eigenvalue weighted by molar-refractivity contribution is 0.0976. The number of halogens is 1. The van der Waals surface area contributed by atoms with Gasteiger partial charge in [0.05, 0.1) is 15.2 Å². The third-order valence-corrected chi connectivity index (χ3v) is 3.70. The van der Waals surface area contributed by atoms with Crippen LogP contribution < -0.4 is 5.43 Å². The Labute approximate surface area is 104 Å². The molecular weight excluding hydrogens is 290 g/mol. The fraction of sp³-hybridized carbons (Fsp3) is 0.0909. The average Bonchev–Trinajstić information content (AvgIpc) is 2.68. The van der Waals surface area contributed by atoms with Crippen LogP contribution in [0.3, 0.4) is 0 Å². The summed E-state index contributed by atoms with van der Waals surface area (Å²) >= 11 is 4.72. The highest BCUT2D eigenvalue weighted by Gasteiger charge is 2.08. The molecule has 2 aromatic heterocycles. The Morgan fingerprint density at radius 3 is 2.50 bits per heavy atom. The SMILES string of the molecule is O=C(Cn1ccc(=O)cc1)c1ccc(Br)s1. The first kappa shape index (κ1) is 11.3. The molecule has 0 amide bonds. The number of aromatic nitrogens is 1. The van der Waals surface area contributed by atoms with Gasteiger partial charge in [0.15, 0.2) is 11.2 Å². The lowest BCUT2D eigenvalue weighted by Gasteiger charge is -2.02. The van der Waals surface area contributed by atoms with E-state index in [0.717, 1.165) is 3.79 Å². The van der Waals surface area contributed by atoms with Crippen LogP contribution in [0, 0.1) is 0 Å². The summed E-state index contributed by atoms with van der Waals surface area (Å²) in [5.41, 5.74) is -0.0532. The molecule has 2 heterocycles. The number of pyridine rings is 1. The lowest BCUT2D eigenvalue weighted by Crippen LogP contribution is -2.10. The first-order valence-electron chi connectivity index (χ1n) is 4.60. The van der Waals surface area contributed by atoms with Crippen molar-refractivity contribution in [3.63, 3.8) is 0 Å². The van der Waals surface area contributed by atoms with Crippen molar-refractivity contribution in [3.05, 3.63) is 55.5 Å². The Kier molecular flexibility index (Phi) is 3.36. The monoisotopic (exact) mass is 297 g/mol. The fourth-order valence-electron chi connectivity index (χ4n) is 1.26. The molecule has 0 bridgehead atoms. The maximum Gasteiger partial charge on any atom is 0.192 e. The molecule has 0 fully saturated rings. The first-order valence-corrected chi connectivity index (χ1v) is 6.21. The number of hydrogen-bond donors (Lipinski definition) is 0. The van der Waals surface area contributed by atoms with Crippen LogP contribution in [0.5, 0.6) is 0 Å². The summed E-state index contributed by atoms with van der Waals surface area (Å²) in [5.74, 6) is 0.0411. The van der Waals surface area contributed by atoms with Gasteiger partial charge < -0.3 is 4.57 Å². The molecule has 0 atom stereocenters. The highest BCUT2D eigenvalue weighted by atomic mass is 79.9. The lowest BCUT2D eigenvalue weighted by atomic mass is 10.3. The van der Waals surface area contributed by atoms with Gasteiger partial charge in [0.2, 0.25) is 0 Å². The van der Waals surface area contributed by atoms with Gasteiger partial charge in [-0.05, 0) is 28.1 Å². The van der Waals surface area contributed by atoms with Crippen LogP contribution in [-0.2, 0) is 6.54 Å². The second kappa shape index (κ2) is 4.76. The minimum Gasteiger partial charge on any atom is -0.346 e. The summed E-state index contributed by atoms with van der Waals surface area (Å²) < 4.78 is 2.63. The van der Waals surface area contributed by atoms with E-state index in [1.165, 1.54) is 23.5 Å². The second-order valence-corrected chi connectivity index (χ2v) is 5.70. The number of hydrogen-bond acceptors (Lipinski definition) is 3. The summed E-state index contributed by atoms with van der Waals surface area (Å²) in [4.78, 5) is 23.4. The Morgan fingerprint density at radius 2 is 1.94 bits per heavy atom. The van der Waals surface area contributed by atoms with Crippen LogP contribution >= 0.6 is 27.3 Å². The van der Waals surface area contributed by atoms with E-state index in [-0.39, 0.29) is 17.8 Å². The highest BCUT2D eigenvalue weighted by molar-refractivity contribution is 9.11. The standard InChI is InChI=1S/C11H8BrNO2S/c12-11-2-1-10(16-11)9(15)7-13-5-3-8(14)4-6-13/h1-6H,7H2. The molecule has 0 aliphatic rings. The largest absolute Gasteiger partial charge is 0.346 e. The zero-order valence-corrected chi connectivity index (χ0v) is 10.6. The van der Waals surface area contributed by atoms with Crippen molar-refractivity contribution < 1.29 is 4.79 Å². The minimum absolute atomic E-state index is 0.0411. The normalized spacial score (nSPS) is 10.3. The number of ketones is 1. The van der Waals surface area contributed by atoms with Crippen molar-refractivity contribution in [1.29, 1.82) is 0 Å². The Morgan fingerprint density at radius 1 is 1.25 bits per heavy atom. The predicted molar refractivity (Wildman–Crippen MR) is 67.1 cm³/mol. The van der Waals surface area contributed by atoms with E-state index >= 15 is 0 Å². The molecule has 0 spiro atoms. The van der Waals surface area contributed by atoms with E-state index in [1.807, 2.05) is 6.07 Å². The number of carbonyl (C=O) groups is 1. The van der Waals surface area contributed by atoms with Crippen LogP contribution in [0.25, 0.3) is 0 Å². The van der Waals surface area contributed by atoms with Crippen molar-refractivity contribution >= 4 is 33.0 Å². The fourth-order valence-corrected chi connectivity index (χ4v) is 2.57. The van der Waals surface area contributed by atoms with Crippen molar-refractivity contribution in [2.45, 2.75) is 6.54 Å². The highest BCUT2D eigenvalue weighted by Crippen LogP contribution is 2.22. The van der Waals surface area contributed by atoms with Gasteiger partial charge in [-0.15, -0.1) is 11.3 Å². The molecule has 3 nitrogen and oxygen atoms in total. The number of thiophene rings is 1. The molecule has 82 valence electrons. The van der Waals surface area contributed by atoms with E-state index in [1.54, 1.807) is 23.0 Å². The maximum atomic E-state index is 11.8. The molecule has 0 saturated heterocycles. The van der Waals surface area contributed by atoms with Gasteiger partial charge in [-0.3, -0.25) is 9.59 Å². The molecule has 0 aromatic carbocycles. The third kappa shape index (κ3) is 2.68. The van der Waals surface area contributed by atoms with Crippen molar-refractivity contribution in [2.24, 2.45) is 0 Å².